The van der Waals surface area contributed by atoms with Crippen LogP contribution in [-0.2, 0) is 11.2 Å². The summed E-state index contributed by atoms with van der Waals surface area (Å²) in [6.07, 6.45) is 2.38. The topological polar surface area (TPSA) is 43.1 Å². The lowest BCUT2D eigenvalue weighted by atomic mass is 9.96. The van der Waals surface area contributed by atoms with Crippen LogP contribution in [0.1, 0.15) is 24.8 Å². The van der Waals surface area contributed by atoms with Crippen LogP contribution in [0.4, 0.5) is 8.78 Å². The van der Waals surface area contributed by atoms with Crippen molar-refractivity contribution >= 4 is 5.91 Å². The van der Waals surface area contributed by atoms with Crippen LogP contribution in [0.5, 0.6) is 0 Å². The summed E-state index contributed by atoms with van der Waals surface area (Å²) in [6.45, 7) is 0. The van der Waals surface area contributed by atoms with Gasteiger partial charge in [-0.1, -0.05) is 12.1 Å². The van der Waals surface area contributed by atoms with Crippen LogP contribution in [0.25, 0.3) is 0 Å². The van der Waals surface area contributed by atoms with E-state index in [9.17, 15) is 13.6 Å². The van der Waals surface area contributed by atoms with Gasteiger partial charge in [-0.05, 0) is 37.3 Å². The normalized spacial score (nSPS) is 17.1. The first-order chi connectivity index (χ1) is 7.55. The van der Waals surface area contributed by atoms with E-state index in [1.807, 2.05) is 0 Å². The Morgan fingerprint density at radius 1 is 1.38 bits per heavy atom. The lowest BCUT2D eigenvalue weighted by molar-refractivity contribution is -0.123. The summed E-state index contributed by atoms with van der Waals surface area (Å²) < 4.78 is 26.2. The fourth-order valence-corrected chi connectivity index (χ4v) is 1.89. The maximum atomic E-state index is 13.3. The van der Waals surface area contributed by atoms with E-state index in [0.29, 0.717) is 18.4 Å². The molecule has 1 saturated carbocycles. The van der Waals surface area contributed by atoms with Crippen LogP contribution in [-0.4, -0.2) is 5.91 Å². The first-order valence-electron chi connectivity index (χ1n) is 5.28. The number of primary amides is 1. The maximum absolute atomic E-state index is 13.3. The minimum atomic E-state index is -0.846. The molecule has 0 heterocycles. The van der Waals surface area contributed by atoms with Gasteiger partial charge < -0.3 is 5.73 Å². The zero-order valence-corrected chi connectivity index (χ0v) is 8.80. The van der Waals surface area contributed by atoms with Crippen molar-refractivity contribution < 1.29 is 13.6 Å². The molecule has 1 aliphatic carbocycles. The van der Waals surface area contributed by atoms with Gasteiger partial charge in [0.1, 0.15) is 0 Å². The summed E-state index contributed by atoms with van der Waals surface area (Å²) in [7, 11) is 0. The predicted octanol–water partition coefficient (Wildman–Crippen LogP) is 2.16. The zero-order valence-electron chi connectivity index (χ0n) is 8.80. The summed E-state index contributed by atoms with van der Waals surface area (Å²) in [5.41, 5.74) is 5.11. The summed E-state index contributed by atoms with van der Waals surface area (Å²) in [5, 5.41) is 0. The number of hydrogen-bond acceptors (Lipinski definition) is 1. The molecule has 1 aromatic carbocycles. The Kier molecular flexibility index (Phi) is 2.66. The van der Waals surface area contributed by atoms with Crippen LogP contribution in [0, 0.1) is 17.0 Å². The number of nitrogens with two attached hydrogens (primary N) is 1. The van der Waals surface area contributed by atoms with Gasteiger partial charge in [0.15, 0.2) is 11.6 Å². The highest BCUT2D eigenvalue weighted by atomic mass is 19.2. The molecule has 0 unspecified atom stereocenters. The molecule has 0 spiro atoms. The molecule has 0 atom stereocenters. The van der Waals surface area contributed by atoms with Crippen molar-refractivity contribution in [2.75, 3.05) is 0 Å². The van der Waals surface area contributed by atoms with Crippen molar-refractivity contribution in [3.05, 3.63) is 35.4 Å². The summed E-state index contributed by atoms with van der Waals surface area (Å²) >= 11 is 0. The van der Waals surface area contributed by atoms with E-state index in [1.165, 1.54) is 12.1 Å². The molecule has 86 valence electrons. The SMILES string of the molecule is NC(=O)C1(CCc2cccc(F)c2F)CC1. The highest BCUT2D eigenvalue weighted by Crippen LogP contribution is 2.49. The van der Waals surface area contributed by atoms with Crippen LogP contribution in [0.2, 0.25) is 0 Å². The number of benzene rings is 1. The van der Waals surface area contributed by atoms with Gasteiger partial charge in [0, 0.05) is 5.41 Å². The molecule has 2 rings (SSSR count). The molecule has 0 aliphatic heterocycles. The molecule has 0 saturated heterocycles. The van der Waals surface area contributed by atoms with E-state index < -0.39 is 17.0 Å². The van der Waals surface area contributed by atoms with Crippen molar-refractivity contribution in [1.29, 1.82) is 0 Å². The monoisotopic (exact) mass is 225 g/mol. The van der Waals surface area contributed by atoms with Crippen LogP contribution < -0.4 is 5.73 Å². The third-order valence-electron chi connectivity index (χ3n) is 3.28. The Bertz CT molecular complexity index is 427. The highest BCUT2D eigenvalue weighted by Gasteiger charge is 2.47. The van der Waals surface area contributed by atoms with Crippen molar-refractivity contribution in [2.45, 2.75) is 25.7 Å². The third-order valence-corrected chi connectivity index (χ3v) is 3.28. The van der Waals surface area contributed by atoms with Gasteiger partial charge in [0.2, 0.25) is 5.91 Å². The fourth-order valence-electron chi connectivity index (χ4n) is 1.89. The van der Waals surface area contributed by atoms with Crippen molar-refractivity contribution in [3.8, 4) is 0 Å². The molecule has 4 heteroatoms. The molecular weight excluding hydrogens is 212 g/mol. The number of hydrogen-bond donors (Lipinski definition) is 1. The Balaban J connectivity index is 2.06. The summed E-state index contributed by atoms with van der Waals surface area (Å²) in [6, 6.07) is 4.09. The smallest absolute Gasteiger partial charge is 0.223 e. The lowest BCUT2D eigenvalue weighted by Gasteiger charge is -2.10. The molecule has 0 radical (unpaired) electrons. The number of rotatable bonds is 4. The van der Waals surface area contributed by atoms with Gasteiger partial charge in [-0.15, -0.1) is 0 Å². The summed E-state index contributed by atoms with van der Waals surface area (Å²) in [5.74, 6) is -1.99. The average molecular weight is 225 g/mol. The molecule has 0 bridgehead atoms. The predicted molar refractivity (Wildman–Crippen MR) is 55.5 cm³/mol. The van der Waals surface area contributed by atoms with Crippen molar-refractivity contribution in [3.63, 3.8) is 0 Å². The second-order valence-electron chi connectivity index (χ2n) is 4.36. The molecule has 1 amide bonds. The molecule has 2 N–H and O–H groups in total. The molecule has 1 aromatic rings. The third kappa shape index (κ3) is 1.92. The summed E-state index contributed by atoms with van der Waals surface area (Å²) in [4.78, 5) is 11.1. The number of halogens is 2. The van der Waals surface area contributed by atoms with Gasteiger partial charge in [-0.2, -0.15) is 0 Å². The molecule has 16 heavy (non-hydrogen) atoms. The van der Waals surface area contributed by atoms with E-state index >= 15 is 0 Å². The minimum Gasteiger partial charge on any atom is -0.369 e. The van der Waals surface area contributed by atoms with Crippen LogP contribution >= 0.6 is 0 Å². The second-order valence-corrected chi connectivity index (χ2v) is 4.36. The van der Waals surface area contributed by atoms with Gasteiger partial charge >= 0.3 is 0 Å². The van der Waals surface area contributed by atoms with Crippen molar-refractivity contribution in [1.82, 2.24) is 0 Å². The molecule has 0 aromatic heterocycles. The Morgan fingerprint density at radius 2 is 2.06 bits per heavy atom. The van der Waals surface area contributed by atoms with Gasteiger partial charge in [-0.3, -0.25) is 4.79 Å². The van der Waals surface area contributed by atoms with E-state index in [1.54, 1.807) is 0 Å². The largest absolute Gasteiger partial charge is 0.369 e. The number of amides is 1. The lowest BCUT2D eigenvalue weighted by Crippen LogP contribution is -2.25. The van der Waals surface area contributed by atoms with Gasteiger partial charge in [0.25, 0.3) is 0 Å². The van der Waals surface area contributed by atoms with Crippen molar-refractivity contribution in [2.24, 2.45) is 11.1 Å². The number of carbonyl (C=O) groups excluding carboxylic acids is 1. The van der Waals surface area contributed by atoms with Gasteiger partial charge in [0.05, 0.1) is 0 Å². The van der Waals surface area contributed by atoms with Crippen LogP contribution in [0.3, 0.4) is 0 Å². The number of aryl methyl sites for hydroxylation is 1. The molecule has 1 fully saturated rings. The van der Waals surface area contributed by atoms with E-state index in [0.717, 1.165) is 18.9 Å². The first-order valence-corrected chi connectivity index (χ1v) is 5.28. The van der Waals surface area contributed by atoms with E-state index in [-0.39, 0.29) is 5.91 Å². The highest BCUT2D eigenvalue weighted by molar-refractivity contribution is 5.83. The molecule has 2 nitrogen and oxygen atoms in total. The standard InChI is InChI=1S/C12H13F2NO/c13-9-3-1-2-8(10(9)14)4-5-12(6-7-12)11(15)16/h1-3H,4-7H2,(H2,15,16). The van der Waals surface area contributed by atoms with E-state index in [2.05, 4.69) is 0 Å². The fraction of sp³-hybridized carbons (Fsp3) is 0.417. The van der Waals surface area contributed by atoms with Crippen LogP contribution in [0.15, 0.2) is 18.2 Å². The van der Waals surface area contributed by atoms with E-state index in [4.69, 9.17) is 5.73 Å². The van der Waals surface area contributed by atoms with Gasteiger partial charge in [-0.25, -0.2) is 8.78 Å². The Labute approximate surface area is 92.4 Å². The molecule has 1 aliphatic rings. The second kappa shape index (κ2) is 3.85. The average Bonchev–Trinajstić information content (AvgIpc) is 3.01. The first kappa shape index (κ1) is 11.0. The molecular formula is C12H13F2NO. The maximum Gasteiger partial charge on any atom is 0.223 e. The zero-order chi connectivity index (χ0) is 11.8. The minimum absolute atomic E-state index is 0.313. The number of carbonyl (C=O) groups is 1. The Morgan fingerprint density at radius 3 is 2.62 bits per heavy atom. The quantitative estimate of drug-likeness (QED) is 0.838. The Hall–Kier alpha value is -1.45.